The first-order chi connectivity index (χ1) is 14.4. The highest BCUT2D eigenvalue weighted by molar-refractivity contribution is 6.30. The summed E-state index contributed by atoms with van der Waals surface area (Å²) in [5, 5.41) is 4.07. The maximum atomic E-state index is 13.3. The van der Waals surface area contributed by atoms with E-state index in [0.717, 1.165) is 22.5 Å². The second kappa shape index (κ2) is 6.88. The minimum absolute atomic E-state index is 0.0135. The van der Waals surface area contributed by atoms with E-state index in [1.807, 2.05) is 44.2 Å². The highest BCUT2D eigenvalue weighted by atomic mass is 35.5. The van der Waals surface area contributed by atoms with Crippen molar-refractivity contribution in [2.75, 3.05) is 0 Å². The van der Waals surface area contributed by atoms with Gasteiger partial charge in [0.15, 0.2) is 11.4 Å². The van der Waals surface area contributed by atoms with Crippen LogP contribution in [-0.4, -0.2) is 30.5 Å². The van der Waals surface area contributed by atoms with Crippen molar-refractivity contribution in [2.24, 2.45) is 0 Å². The largest absolute Gasteiger partial charge is 0.294 e. The SMILES string of the molecule is Cc1cc(C)nc(-n2[nH]c3ncc4c(c3c2=O)C[C@H](c2ccc(Cl)cc2)CC4=O)n1. The van der Waals surface area contributed by atoms with Crippen molar-refractivity contribution in [1.29, 1.82) is 0 Å². The fourth-order valence-electron chi connectivity index (χ4n) is 4.16. The van der Waals surface area contributed by atoms with E-state index < -0.39 is 0 Å². The molecule has 0 unspecified atom stereocenters. The van der Waals surface area contributed by atoms with E-state index in [0.29, 0.717) is 34.5 Å². The molecule has 0 spiro atoms. The van der Waals surface area contributed by atoms with Gasteiger partial charge in [-0.1, -0.05) is 23.7 Å². The van der Waals surface area contributed by atoms with Gasteiger partial charge in [-0.05, 0) is 55.5 Å². The van der Waals surface area contributed by atoms with E-state index in [2.05, 4.69) is 20.1 Å². The maximum absolute atomic E-state index is 13.3. The quantitative estimate of drug-likeness (QED) is 0.534. The molecule has 5 rings (SSSR count). The Morgan fingerprint density at radius 3 is 2.47 bits per heavy atom. The number of benzene rings is 1. The average Bonchev–Trinajstić information content (AvgIpc) is 3.05. The van der Waals surface area contributed by atoms with Gasteiger partial charge in [0.05, 0.1) is 5.39 Å². The zero-order chi connectivity index (χ0) is 21.0. The molecule has 0 saturated carbocycles. The van der Waals surface area contributed by atoms with Gasteiger partial charge < -0.3 is 0 Å². The smallest absolute Gasteiger partial charge is 0.283 e. The number of hydrogen-bond donors (Lipinski definition) is 1. The Labute approximate surface area is 176 Å². The van der Waals surface area contributed by atoms with E-state index in [1.54, 1.807) is 6.20 Å². The first-order valence-corrected chi connectivity index (χ1v) is 10.0. The number of aromatic amines is 1. The average molecular weight is 420 g/mol. The molecule has 3 aromatic heterocycles. The predicted molar refractivity (Wildman–Crippen MR) is 114 cm³/mol. The number of H-pyrrole nitrogens is 1. The van der Waals surface area contributed by atoms with Gasteiger partial charge in [0.2, 0.25) is 0 Å². The van der Waals surface area contributed by atoms with Crippen molar-refractivity contribution < 1.29 is 4.79 Å². The zero-order valence-corrected chi connectivity index (χ0v) is 17.2. The van der Waals surface area contributed by atoms with Crippen molar-refractivity contribution in [3.8, 4) is 5.95 Å². The number of pyridine rings is 1. The first kappa shape index (κ1) is 18.7. The second-order valence-corrected chi connectivity index (χ2v) is 8.09. The number of nitrogens with zero attached hydrogens (tertiary/aromatic N) is 4. The molecule has 1 aromatic carbocycles. The molecule has 1 atom stereocenters. The number of rotatable bonds is 2. The van der Waals surface area contributed by atoms with Crippen LogP contribution in [0.2, 0.25) is 5.02 Å². The summed E-state index contributed by atoms with van der Waals surface area (Å²) >= 11 is 6.01. The summed E-state index contributed by atoms with van der Waals surface area (Å²) in [6, 6.07) is 9.34. The van der Waals surface area contributed by atoms with Gasteiger partial charge in [-0.2, -0.15) is 4.68 Å². The molecule has 7 nitrogen and oxygen atoms in total. The first-order valence-electron chi connectivity index (χ1n) is 9.64. The summed E-state index contributed by atoms with van der Waals surface area (Å²) in [7, 11) is 0. The van der Waals surface area contributed by atoms with Gasteiger partial charge in [-0.3, -0.25) is 14.7 Å². The van der Waals surface area contributed by atoms with E-state index in [1.165, 1.54) is 4.68 Å². The number of ketones is 1. The molecular formula is C22H18ClN5O2. The summed E-state index contributed by atoms with van der Waals surface area (Å²) in [6.45, 7) is 3.70. The van der Waals surface area contributed by atoms with Gasteiger partial charge in [0.1, 0.15) is 0 Å². The molecule has 0 radical (unpaired) electrons. The third-order valence-electron chi connectivity index (χ3n) is 5.52. The summed E-state index contributed by atoms with van der Waals surface area (Å²) in [6.07, 6.45) is 2.50. The zero-order valence-electron chi connectivity index (χ0n) is 16.4. The number of aromatic nitrogens is 5. The Hall–Kier alpha value is -3.32. The normalized spacial score (nSPS) is 16.1. The molecule has 150 valence electrons. The third-order valence-corrected chi connectivity index (χ3v) is 5.77. The molecule has 4 aromatic rings. The predicted octanol–water partition coefficient (Wildman–Crippen LogP) is 3.69. The summed E-state index contributed by atoms with van der Waals surface area (Å²) in [4.78, 5) is 39.2. The van der Waals surface area contributed by atoms with Crippen LogP contribution in [0.5, 0.6) is 0 Å². The van der Waals surface area contributed by atoms with Crippen LogP contribution in [0, 0.1) is 13.8 Å². The van der Waals surface area contributed by atoms with Crippen molar-refractivity contribution in [3.63, 3.8) is 0 Å². The Morgan fingerprint density at radius 1 is 1.07 bits per heavy atom. The lowest BCUT2D eigenvalue weighted by Gasteiger charge is -2.24. The van der Waals surface area contributed by atoms with E-state index >= 15 is 0 Å². The molecule has 0 bridgehead atoms. The standard InChI is InChI=1S/C22H18ClN5O2/c1-11-7-12(2)26-22(25-11)28-21(30)19-16-8-14(13-3-5-15(23)6-4-13)9-18(29)17(16)10-24-20(19)27-28/h3-7,10,14H,8-9H2,1-2H3,(H,24,27)/t14-/m0/s1. The summed E-state index contributed by atoms with van der Waals surface area (Å²) in [5.74, 6) is 0.231. The Balaban J connectivity index is 1.67. The molecule has 1 aliphatic carbocycles. The molecule has 30 heavy (non-hydrogen) atoms. The highest BCUT2D eigenvalue weighted by Gasteiger charge is 2.30. The number of carbonyl (C=O) groups is 1. The number of hydrogen-bond acceptors (Lipinski definition) is 5. The van der Waals surface area contributed by atoms with Gasteiger partial charge in [0.25, 0.3) is 11.5 Å². The third kappa shape index (κ3) is 3.02. The molecule has 0 saturated heterocycles. The van der Waals surface area contributed by atoms with Crippen LogP contribution in [0.4, 0.5) is 0 Å². The van der Waals surface area contributed by atoms with Crippen LogP contribution in [0.3, 0.4) is 0 Å². The fourth-order valence-corrected chi connectivity index (χ4v) is 4.28. The van der Waals surface area contributed by atoms with Crippen molar-refractivity contribution in [3.05, 3.63) is 80.0 Å². The van der Waals surface area contributed by atoms with Crippen LogP contribution in [0.1, 0.15) is 45.2 Å². The lowest BCUT2D eigenvalue weighted by atomic mass is 9.79. The van der Waals surface area contributed by atoms with Crippen molar-refractivity contribution >= 4 is 28.4 Å². The molecule has 8 heteroatoms. The maximum Gasteiger partial charge on any atom is 0.283 e. The Kier molecular flexibility index (Phi) is 4.29. The van der Waals surface area contributed by atoms with Crippen LogP contribution in [-0.2, 0) is 6.42 Å². The van der Waals surface area contributed by atoms with Crippen LogP contribution in [0.25, 0.3) is 17.0 Å². The van der Waals surface area contributed by atoms with Gasteiger partial charge in [-0.25, -0.2) is 15.0 Å². The molecular weight excluding hydrogens is 402 g/mol. The fraction of sp³-hybridized carbons (Fsp3) is 0.227. The monoisotopic (exact) mass is 419 g/mol. The van der Waals surface area contributed by atoms with Crippen LogP contribution < -0.4 is 5.56 Å². The molecule has 0 fully saturated rings. The van der Waals surface area contributed by atoms with E-state index in [4.69, 9.17) is 11.6 Å². The number of fused-ring (bicyclic) bond motifs is 3. The number of halogens is 1. The minimum atomic E-state index is -0.302. The minimum Gasteiger partial charge on any atom is -0.294 e. The molecule has 0 amide bonds. The highest BCUT2D eigenvalue weighted by Crippen LogP contribution is 2.35. The van der Waals surface area contributed by atoms with Crippen LogP contribution >= 0.6 is 11.6 Å². The van der Waals surface area contributed by atoms with Crippen molar-refractivity contribution in [2.45, 2.75) is 32.6 Å². The van der Waals surface area contributed by atoms with Crippen molar-refractivity contribution in [1.82, 2.24) is 24.7 Å². The topological polar surface area (TPSA) is 93.5 Å². The van der Waals surface area contributed by atoms with Gasteiger partial charge in [-0.15, -0.1) is 0 Å². The lowest BCUT2D eigenvalue weighted by molar-refractivity contribution is 0.0964. The Morgan fingerprint density at radius 2 is 1.77 bits per heavy atom. The second-order valence-electron chi connectivity index (χ2n) is 7.66. The Bertz CT molecular complexity index is 1350. The van der Waals surface area contributed by atoms with Gasteiger partial charge in [0, 0.05) is 34.6 Å². The van der Waals surface area contributed by atoms with E-state index in [9.17, 15) is 9.59 Å². The number of nitrogens with one attached hydrogen (secondary N) is 1. The molecule has 3 heterocycles. The molecule has 1 aliphatic rings. The molecule has 1 N–H and O–H groups in total. The summed E-state index contributed by atoms with van der Waals surface area (Å²) in [5.41, 5.74) is 3.90. The number of aryl methyl sites for hydroxylation is 2. The number of carbonyl (C=O) groups excluding carboxylic acids is 1. The molecule has 0 aliphatic heterocycles. The summed E-state index contributed by atoms with van der Waals surface area (Å²) < 4.78 is 1.30. The lowest BCUT2D eigenvalue weighted by Crippen LogP contribution is -2.22. The van der Waals surface area contributed by atoms with Crippen LogP contribution in [0.15, 0.2) is 41.3 Å². The van der Waals surface area contributed by atoms with Gasteiger partial charge >= 0.3 is 0 Å². The number of Topliss-reactive ketones (excluding diaryl/α,β-unsaturated/α-hetero) is 1. The van der Waals surface area contributed by atoms with E-state index in [-0.39, 0.29) is 23.2 Å².